The third-order valence-corrected chi connectivity index (χ3v) is 1.68. The van der Waals surface area contributed by atoms with Gasteiger partial charge in [0.1, 0.15) is 18.2 Å². The fourth-order valence-corrected chi connectivity index (χ4v) is 0.916. The van der Waals surface area contributed by atoms with E-state index >= 15 is 0 Å². The van der Waals surface area contributed by atoms with Crippen molar-refractivity contribution in [2.75, 3.05) is 19.7 Å². The molecule has 0 fully saturated rings. The summed E-state index contributed by atoms with van der Waals surface area (Å²) in [7, 11) is 0. The van der Waals surface area contributed by atoms with Crippen LogP contribution in [-0.4, -0.2) is 25.5 Å². The van der Waals surface area contributed by atoms with Crippen LogP contribution in [0.15, 0.2) is 36.1 Å². The first kappa shape index (κ1) is 14.5. The Labute approximate surface area is 97.4 Å². The predicted octanol–water partition coefficient (Wildman–Crippen LogP) is 1.56. The smallest absolute Gasteiger partial charge is 0.115 e. The molecule has 4 nitrogen and oxygen atoms in total. The van der Waals surface area contributed by atoms with Crippen molar-refractivity contribution in [2.45, 2.75) is 13.8 Å². The molecule has 0 spiro atoms. The lowest BCUT2D eigenvalue weighted by Crippen LogP contribution is -2.30. The van der Waals surface area contributed by atoms with Crippen LogP contribution in [0.2, 0.25) is 0 Å². The van der Waals surface area contributed by atoms with Gasteiger partial charge in [-0.15, -0.1) is 0 Å². The van der Waals surface area contributed by atoms with Gasteiger partial charge in [0.25, 0.3) is 0 Å². The first-order valence-electron chi connectivity index (χ1n) is 5.22. The van der Waals surface area contributed by atoms with Crippen LogP contribution < -0.4 is 11.1 Å². The summed E-state index contributed by atoms with van der Waals surface area (Å²) >= 11 is 0. The monoisotopic (exact) mass is 223 g/mol. The second kappa shape index (κ2) is 8.73. The van der Waals surface area contributed by atoms with Gasteiger partial charge >= 0.3 is 0 Å². The first-order valence-corrected chi connectivity index (χ1v) is 5.22. The van der Waals surface area contributed by atoms with Crippen molar-refractivity contribution < 1.29 is 4.74 Å². The quantitative estimate of drug-likeness (QED) is 0.192. The Morgan fingerprint density at radius 3 is 2.69 bits per heavy atom. The molecule has 0 radical (unpaired) electrons. The molecule has 0 saturated heterocycles. The molecule has 0 unspecified atom stereocenters. The van der Waals surface area contributed by atoms with E-state index in [1.807, 2.05) is 32.1 Å². The van der Waals surface area contributed by atoms with Crippen LogP contribution in [0, 0.1) is 5.41 Å². The molecule has 0 aliphatic heterocycles. The number of nitrogens with two attached hydrogens (primary N) is 1. The number of hydrogen-bond acceptors (Lipinski definition) is 3. The van der Waals surface area contributed by atoms with Crippen LogP contribution in [0.5, 0.6) is 0 Å². The van der Waals surface area contributed by atoms with Gasteiger partial charge in [-0.25, -0.2) is 0 Å². The Balaban J connectivity index is 3.73. The molecular weight excluding hydrogens is 202 g/mol. The van der Waals surface area contributed by atoms with E-state index in [1.54, 1.807) is 0 Å². The number of ether oxygens (including phenoxy) is 1. The van der Waals surface area contributed by atoms with Crippen molar-refractivity contribution in [1.82, 2.24) is 5.32 Å². The molecule has 0 atom stereocenters. The van der Waals surface area contributed by atoms with E-state index in [9.17, 15) is 0 Å². The van der Waals surface area contributed by atoms with Crippen LogP contribution in [0.1, 0.15) is 13.8 Å². The average Bonchev–Trinajstić information content (AvgIpc) is 2.21. The minimum atomic E-state index is 0.133. The molecule has 0 aromatic carbocycles. The van der Waals surface area contributed by atoms with Gasteiger partial charge in [0, 0.05) is 6.54 Å². The van der Waals surface area contributed by atoms with E-state index in [4.69, 9.17) is 15.9 Å². The number of hydrogen-bond donors (Lipinski definition) is 3. The van der Waals surface area contributed by atoms with Crippen LogP contribution in [0.4, 0.5) is 0 Å². The van der Waals surface area contributed by atoms with E-state index in [0.717, 1.165) is 11.3 Å². The van der Waals surface area contributed by atoms with Crippen LogP contribution in [0.25, 0.3) is 0 Å². The Kier molecular flexibility index (Phi) is 7.89. The highest BCUT2D eigenvalue weighted by Gasteiger charge is 1.93. The van der Waals surface area contributed by atoms with E-state index in [1.165, 1.54) is 0 Å². The third-order valence-electron chi connectivity index (χ3n) is 1.68. The number of amidine groups is 1. The Hall–Kier alpha value is -1.55. The highest BCUT2D eigenvalue weighted by Crippen LogP contribution is 2.01. The zero-order chi connectivity index (χ0) is 12.4. The molecular formula is C12H21N3O. The molecule has 4 heteroatoms. The van der Waals surface area contributed by atoms with Crippen molar-refractivity contribution in [1.29, 1.82) is 5.41 Å². The summed E-state index contributed by atoms with van der Waals surface area (Å²) < 4.78 is 5.48. The summed E-state index contributed by atoms with van der Waals surface area (Å²) in [5, 5.41) is 9.99. The van der Waals surface area contributed by atoms with Gasteiger partial charge in [-0.05, 0) is 26.0 Å². The molecule has 0 aliphatic carbocycles. The molecule has 16 heavy (non-hydrogen) atoms. The zero-order valence-corrected chi connectivity index (χ0v) is 10.0. The number of nitrogens with one attached hydrogen (secondary N) is 2. The summed E-state index contributed by atoms with van der Waals surface area (Å²) in [6.07, 6.45) is 5.68. The summed E-state index contributed by atoms with van der Waals surface area (Å²) in [5.74, 6) is 0.945. The van der Waals surface area contributed by atoms with Gasteiger partial charge in [0.05, 0.1) is 6.54 Å². The van der Waals surface area contributed by atoms with Gasteiger partial charge in [-0.1, -0.05) is 18.2 Å². The van der Waals surface area contributed by atoms with Gasteiger partial charge in [-0.3, -0.25) is 5.41 Å². The van der Waals surface area contributed by atoms with Crippen molar-refractivity contribution >= 4 is 5.84 Å². The van der Waals surface area contributed by atoms with Crippen LogP contribution >= 0.6 is 0 Å². The van der Waals surface area contributed by atoms with Gasteiger partial charge in [0.2, 0.25) is 0 Å². The van der Waals surface area contributed by atoms with Gasteiger partial charge in [-0.2, -0.15) is 0 Å². The fourth-order valence-electron chi connectivity index (χ4n) is 0.916. The summed E-state index contributed by atoms with van der Waals surface area (Å²) in [5.41, 5.74) is 6.17. The molecule has 0 aromatic rings. The lowest BCUT2D eigenvalue weighted by atomic mass is 10.3. The fraction of sp³-hybridized carbons (Fsp3) is 0.417. The highest BCUT2D eigenvalue weighted by atomic mass is 16.5. The standard InChI is InChI=1S/C12H21N3O/c1-4-11(6-5-10(2)3)16-8-7-15-9-12(13)14/h4-6,15H,2,7-9H2,1,3H3,(H3,13,14)/b6-5-,11-4+. The van der Waals surface area contributed by atoms with Gasteiger partial charge in [0.15, 0.2) is 0 Å². The van der Waals surface area contributed by atoms with Crippen molar-refractivity contribution in [3.05, 3.63) is 36.1 Å². The molecule has 0 aliphatic rings. The van der Waals surface area contributed by atoms with Gasteiger partial charge < -0.3 is 15.8 Å². The molecule has 90 valence electrons. The minimum absolute atomic E-state index is 0.133. The largest absolute Gasteiger partial charge is 0.493 e. The summed E-state index contributed by atoms with van der Waals surface area (Å²) in [6.45, 7) is 9.23. The molecule has 0 saturated carbocycles. The normalized spacial score (nSPS) is 11.8. The Bertz CT molecular complexity index is 293. The topological polar surface area (TPSA) is 71.1 Å². The second-order valence-corrected chi connectivity index (χ2v) is 3.42. The summed E-state index contributed by atoms with van der Waals surface area (Å²) in [6, 6.07) is 0. The second-order valence-electron chi connectivity index (χ2n) is 3.42. The summed E-state index contributed by atoms with van der Waals surface area (Å²) in [4.78, 5) is 0. The maximum Gasteiger partial charge on any atom is 0.115 e. The molecule has 0 heterocycles. The first-order chi connectivity index (χ1) is 7.56. The lowest BCUT2D eigenvalue weighted by Gasteiger charge is -2.07. The third kappa shape index (κ3) is 9.02. The van der Waals surface area contributed by atoms with E-state index < -0.39 is 0 Å². The van der Waals surface area contributed by atoms with Crippen LogP contribution in [0.3, 0.4) is 0 Å². The number of allylic oxidation sites excluding steroid dienone is 4. The van der Waals surface area contributed by atoms with Crippen molar-refractivity contribution in [2.24, 2.45) is 5.73 Å². The Morgan fingerprint density at radius 2 is 2.19 bits per heavy atom. The lowest BCUT2D eigenvalue weighted by molar-refractivity contribution is 0.225. The van der Waals surface area contributed by atoms with E-state index in [2.05, 4.69) is 11.9 Å². The molecule has 0 bridgehead atoms. The molecule has 0 aromatic heterocycles. The van der Waals surface area contributed by atoms with Crippen molar-refractivity contribution in [3.63, 3.8) is 0 Å². The Morgan fingerprint density at radius 1 is 1.50 bits per heavy atom. The van der Waals surface area contributed by atoms with Crippen molar-refractivity contribution in [3.8, 4) is 0 Å². The molecule has 0 rings (SSSR count). The van der Waals surface area contributed by atoms with E-state index in [0.29, 0.717) is 19.7 Å². The van der Waals surface area contributed by atoms with Crippen LogP contribution in [-0.2, 0) is 4.74 Å². The highest BCUT2D eigenvalue weighted by molar-refractivity contribution is 5.78. The van der Waals surface area contributed by atoms with E-state index in [-0.39, 0.29) is 5.84 Å². The number of rotatable bonds is 8. The zero-order valence-electron chi connectivity index (χ0n) is 10.0. The molecule has 4 N–H and O–H groups in total. The average molecular weight is 223 g/mol. The SMILES string of the molecule is C=C(C)/C=C\C(=C/C)OCCNCC(=N)N. The predicted molar refractivity (Wildman–Crippen MR) is 68.4 cm³/mol. The molecule has 0 amide bonds. The maximum absolute atomic E-state index is 7.01. The minimum Gasteiger partial charge on any atom is -0.493 e. The maximum atomic E-state index is 7.01.